The van der Waals surface area contributed by atoms with Crippen LogP contribution in [-0.4, -0.2) is 30.1 Å². The van der Waals surface area contributed by atoms with Crippen LogP contribution in [0, 0.1) is 0 Å². The molecule has 1 atom stereocenters. The summed E-state index contributed by atoms with van der Waals surface area (Å²) in [6, 6.07) is 22.3. The molecule has 0 aliphatic carbocycles. The quantitative estimate of drug-likeness (QED) is 0.505. The van der Waals surface area contributed by atoms with E-state index in [1.165, 1.54) is 0 Å². The summed E-state index contributed by atoms with van der Waals surface area (Å²) in [6.45, 7) is 0.330. The van der Waals surface area contributed by atoms with Crippen LogP contribution in [0.5, 0.6) is 11.5 Å². The normalized spacial score (nSPS) is 16.0. The van der Waals surface area contributed by atoms with E-state index in [0.29, 0.717) is 17.9 Å². The first-order chi connectivity index (χ1) is 15.0. The molecule has 0 bridgehead atoms. The lowest BCUT2D eigenvalue weighted by Gasteiger charge is -2.28. The number of ether oxygens (including phenoxy) is 2. The number of hydrogen-bond donors (Lipinski definition) is 1. The molecule has 0 saturated heterocycles. The van der Waals surface area contributed by atoms with Crippen molar-refractivity contribution in [1.29, 1.82) is 0 Å². The molecule has 5 nitrogen and oxygen atoms in total. The van der Waals surface area contributed by atoms with Gasteiger partial charge in [-0.15, -0.1) is 0 Å². The monoisotopic (exact) mass is 479 g/mol. The molecule has 158 valence electrons. The molecule has 0 fully saturated rings. The van der Waals surface area contributed by atoms with Gasteiger partial charge >= 0.3 is 0 Å². The Morgan fingerprint density at radius 3 is 2.32 bits per heavy atom. The van der Waals surface area contributed by atoms with Gasteiger partial charge in [0.1, 0.15) is 11.5 Å². The Morgan fingerprint density at radius 2 is 1.65 bits per heavy atom. The van der Waals surface area contributed by atoms with E-state index < -0.39 is 11.9 Å². The second-order valence-corrected chi connectivity index (χ2v) is 8.15. The van der Waals surface area contributed by atoms with Crippen LogP contribution >= 0.6 is 15.9 Å². The third kappa shape index (κ3) is 4.16. The van der Waals surface area contributed by atoms with Crippen molar-refractivity contribution in [3.05, 3.63) is 99.7 Å². The van der Waals surface area contributed by atoms with Gasteiger partial charge in [0.05, 0.1) is 20.3 Å². The third-order valence-electron chi connectivity index (χ3n) is 5.36. The van der Waals surface area contributed by atoms with Crippen LogP contribution < -0.4 is 9.47 Å². The minimum absolute atomic E-state index is 0.238. The van der Waals surface area contributed by atoms with Crippen molar-refractivity contribution < 1.29 is 19.4 Å². The van der Waals surface area contributed by atoms with E-state index in [1.54, 1.807) is 19.1 Å². The Kier molecular flexibility index (Phi) is 6.00. The van der Waals surface area contributed by atoms with Gasteiger partial charge in [-0.05, 0) is 53.1 Å². The van der Waals surface area contributed by atoms with Crippen LogP contribution in [0.15, 0.2) is 83.0 Å². The Morgan fingerprint density at radius 1 is 0.935 bits per heavy atom. The van der Waals surface area contributed by atoms with Gasteiger partial charge in [0.2, 0.25) is 0 Å². The Bertz CT molecular complexity index is 1140. The fraction of sp³-hybridized carbons (Fsp3) is 0.160. The number of methoxy groups -OCH3 is 2. The predicted molar refractivity (Wildman–Crippen MR) is 123 cm³/mol. The Balaban J connectivity index is 1.80. The van der Waals surface area contributed by atoms with E-state index >= 15 is 0 Å². The largest absolute Gasteiger partial charge is 0.503 e. The molecule has 0 saturated carbocycles. The van der Waals surface area contributed by atoms with Gasteiger partial charge < -0.3 is 19.5 Å². The molecule has 0 spiro atoms. The molecule has 1 aliphatic heterocycles. The molecule has 3 aromatic rings. The number of aliphatic hydroxyl groups excluding tert-OH is 1. The van der Waals surface area contributed by atoms with Crippen LogP contribution in [0.1, 0.15) is 22.7 Å². The highest BCUT2D eigenvalue weighted by Crippen LogP contribution is 2.44. The number of benzene rings is 3. The molecular formula is C25H22BrNO4. The summed E-state index contributed by atoms with van der Waals surface area (Å²) in [4.78, 5) is 14.9. The van der Waals surface area contributed by atoms with Crippen LogP contribution in [0.2, 0.25) is 0 Å². The zero-order valence-corrected chi connectivity index (χ0v) is 18.8. The van der Waals surface area contributed by atoms with Crippen molar-refractivity contribution in [2.45, 2.75) is 12.6 Å². The molecule has 1 N–H and O–H groups in total. The molecule has 0 radical (unpaired) electrons. The van der Waals surface area contributed by atoms with Crippen molar-refractivity contribution in [2.75, 3.05) is 14.2 Å². The van der Waals surface area contributed by atoms with Crippen molar-refractivity contribution >= 4 is 27.4 Å². The summed E-state index contributed by atoms with van der Waals surface area (Å²) in [5.41, 5.74) is 3.16. The fourth-order valence-electron chi connectivity index (χ4n) is 3.87. The van der Waals surface area contributed by atoms with Crippen molar-refractivity contribution in [1.82, 2.24) is 4.90 Å². The predicted octanol–water partition coefficient (Wildman–Crippen LogP) is 5.52. The first kappa shape index (κ1) is 21.0. The average molecular weight is 480 g/mol. The van der Waals surface area contributed by atoms with Crippen molar-refractivity contribution in [3.8, 4) is 11.5 Å². The van der Waals surface area contributed by atoms with Gasteiger partial charge in [-0.2, -0.15) is 0 Å². The molecule has 0 aromatic heterocycles. The maximum atomic E-state index is 13.2. The zero-order chi connectivity index (χ0) is 22.0. The van der Waals surface area contributed by atoms with E-state index in [1.807, 2.05) is 72.8 Å². The van der Waals surface area contributed by atoms with Crippen molar-refractivity contribution in [3.63, 3.8) is 0 Å². The van der Waals surface area contributed by atoms with Gasteiger partial charge in [0, 0.05) is 16.6 Å². The molecule has 6 heteroatoms. The minimum atomic E-state index is -0.440. The van der Waals surface area contributed by atoms with E-state index in [4.69, 9.17) is 9.47 Å². The summed E-state index contributed by atoms with van der Waals surface area (Å²) in [6.07, 6.45) is 0. The van der Waals surface area contributed by atoms with Crippen LogP contribution in [0.4, 0.5) is 0 Å². The van der Waals surface area contributed by atoms with Gasteiger partial charge in [-0.25, -0.2) is 0 Å². The second kappa shape index (κ2) is 8.86. The smallest absolute Gasteiger partial charge is 0.290 e. The molecule has 1 heterocycles. The highest BCUT2D eigenvalue weighted by atomic mass is 79.9. The number of amides is 1. The van der Waals surface area contributed by atoms with E-state index in [-0.39, 0.29) is 5.76 Å². The summed E-state index contributed by atoms with van der Waals surface area (Å²) >= 11 is 3.53. The molecule has 1 amide bonds. The minimum Gasteiger partial charge on any atom is -0.503 e. The number of nitrogens with zero attached hydrogens (tertiary/aromatic N) is 1. The number of aliphatic hydroxyl groups is 1. The highest BCUT2D eigenvalue weighted by Gasteiger charge is 2.41. The lowest BCUT2D eigenvalue weighted by Crippen LogP contribution is -2.29. The second-order valence-electron chi connectivity index (χ2n) is 7.23. The molecule has 3 aromatic carbocycles. The Labute approximate surface area is 189 Å². The maximum absolute atomic E-state index is 13.2. The van der Waals surface area contributed by atoms with Gasteiger partial charge in [0.15, 0.2) is 5.76 Å². The number of hydrogen-bond acceptors (Lipinski definition) is 4. The van der Waals surface area contributed by atoms with Crippen LogP contribution in [0.25, 0.3) is 5.57 Å². The van der Waals surface area contributed by atoms with E-state index in [2.05, 4.69) is 15.9 Å². The number of halogens is 1. The topological polar surface area (TPSA) is 59.0 Å². The summed E-state index contributed by atoms with van der Waals surface area (Å²) in [5.74, 6) is 0.785. The first-order valence-electron chi connectivity index (χ1n) is 9.78. The molecule has 31 heavy (non-hydrogen) atoms. The Hall–Kier alpha value is -3.25. The fourth-order valence-corrected chi connectivity index (χ4v) is 4.29. The maximum Gasteiger partial charge on any atom is 0.290 e. The molecule has 0 unspecified atom stereocenters. The SMILES string of the molecule is COc1ccc(C2=C(O)C(=O)N(Cc3cccc(OC)c3)[C@H]2c2cccc(Br)c2)cc1. The lowest BCUT2D eigenvalue weighted by atomic mass is 9.93. The molecule has 1 aliphatic rings. The van der Waals surface area contributed by atoms with E-state index in [9.17, 15) is 9.90 Å². The lowest BCUT2D eigenvalue weighted by molar-refractivity contribution is -0.130. The number of carbonyl (C=O) groups excluding carboxylic acids is 1. The highest BCUT2D eigenvalue weighted by molar-refractivity contribution is 9.10. The summed E-state index contributed by atoms with van der Waals surface area (Å²) < 4.78 is 11.5. The third-order valence-corrected chi connectivity index (χ3v) is 5.85. The number of carbonyl (C=O) groups is 1. The number of rotatable bonds is 6. The van der Waals surface area contributed by atoms with E-state index in [0.717, 1.165) is 26.9 Å². The summed E-state index contributed by atoms with van der Waals surface area (Å²) in [5, 5.41) is 10.9. The average Bonchev–Trinajstić information content (AvgIpc) is 3.04. The molecule has 4 rings (SSSR count). The van der Waals surface area contributed by atoms with Gasteiger partial charge in [-0.3, -0.25) is 4.79 Å². The first-order valence-corrected chi connectivity index (χ1v) is 10.6. The molecular weight excluding hydrogens is 458 g/mol. The standard InChI is InChI=1S/C25H22BrNO4/c1-30-20-11-9-17(10-12-20)22-23(18-6-4-7-19(26)14-18)27(25(29)24(22)28)15-16-5-3-8-21(13-16)31-2/h3-14,23,28H,15H2,1-2H3/t23-/m0/s1. The van der Waals surface area contributed by atoms with Crippen LogP contribution in [0.3, 0.4) is 0 Å². The van der Waals surface area contributed by atoms with Crippen LogP contribution in [-0.2, 0) is 11.3 Å². The summed E-state index contributed by atoms with van der Waals surface area (Å²) in [7, 11) is 3.21. The van der Waals surface area contributed by atoms with Gasteiger partial charge in [-0.1, -0.05) is 52.3 Å². The van der Waals surface area contributed by atoms with Crippen molar-refractivity contribution in [2.24, 2.45) is 0 Å². The zero-order valence-electron chi connectivity index (χ0n) is 17.2. The van der Waals surface area contributed by atoms with Gasteiger partial charge in [0.25, 0.3) is 5.91 Å².